The van der Waals surface area contributed by atoms with Crippen molar-refractivity contribution in [3.63, 3.8) is 0 Å². The third kappa shape index (κ3) is 7.35. The normalized spacial score (nSPS) is 10.7. The lowest BCUT2D eigenvalue weighted by Crippen LogP contribution is -1.97. The number of nitrogens with zero attached hydrogens (tertiary/aromatic N) is 1. The summed E-state index contributed by atoms with van der Waals surface area (Å²) in [6.45, 7) is 3.62. The highest BCUT2D eigenvalue weighted by molar-refractivity contribution is 6.30. The van der Waals surface area contributed by atoms with Crippen molar-refractivity contribution in [2.24, 2.45) is 0 Å². The van der Waals surface area contributed by atoms with E-state index in [0.717, 1.165) is 23.7 Å². The molecule has 0 aromatic carbocycles. The zero-order valence-corrected chi connectivity index (χ0v) is 11.4. The molecular weight excluding hydrogens is 234 g/mol. The Morgan fingerprint density at radius 3 is 2.71 bits per heavy atom. The van der Waals surface area contributed by atoms with Crippen LogP contribution in [0.15, 0.2) is 18.3 Å². The van der Waals surface area contributed by atoms with Gasteiger partial charge in [0.25, 0.3) is 0 Å². The van der Waals surface area contributed by atoms with Crippen LogP contribution in [-0.4, -0.2) is 11.6 Å². The highest BCUT2D eigenvalue weighted by Gasteiger charge is 1.96. The molecule has 0 unspecified atom stereocenters. The van der Waals surface area contributed by atoms with Crippen molar-refractivity contribution in [1.29, 1.82) is 0 Å². The highest BCUT2D eigenvalue weighted by Crippen LogP contribution is 2.09. The van der Waals surface area contributed by atoms with Gasteiger partial charge in [0, 0.05) is 17.8 Å². The van der Waals surface area contributed by atoms with Gasteiger partial charge in [0.15, 0.2) is 0 Å². The van der Waals surface area contributed by atoms with Gasteiger partial charge in [0.2, 0.25) is 0 Å². The van der Waals surface area contributed by atoms with Gasteiger partial charge in [-0.15, -0.1) is 0 Å². The Balaban J connectivity index is 1.97. The second kappa shape index (κ2) is 9.43. The third-order valence-corrected chi connectivity index (χ3v) is 2.91. The van der Waals surface area contributed by atoms with E-state index in [1.807, 2.05) is 6.07 Å². The van der Waals surface area contributed by atoms with Crippen LogP contribution in [0.2, 0.25) is 5.02 Å². The van der Waals surface area contributed by atoms with E-state index in [9.17, 15) is 0 Å². The summed E-state index contributed by atoms with van der Waals surface area (Å²) >= 11 is 5.86. The minimum atomic E-state index is 0.565. The molecule has 1 aromatic rings. The molecule has 0 spiro atoms. The SMILES string of the molecule is CCCCCCCCOCc1cc(Cl)ccn1. The maximum absolute atomic E-state index is 5.86. The monoisotopic (exact) mass is 255 g/mol. The first-order valence-electron chi connectivity index (χ1n) is 6.51. The van der Waals surface area contributed by atoms with Crippen LogP contribution < -0.4 is 0 Å². The first-order chi connectivity index (χ1) is 8.33. The van der Waals surface area contributed by atoms with E-state index < -0.39 is 0 Å². The Bertz CT molecular complexity index is 304. The zero-order chi connectivity index (χ0) is 12.3. The number of hydrogen-bond donors (Lipinski definition) is 0. The number of hydrogen-bond acceptors (Lipinski definition) is 2. The average molecular weight is 256 g/mol. The molecule has 0 saturated carbocycles. The molecule has 0 amide bonds. The first kappa shape index (κ1) is 14.5. The van der Waals surface area contributed by atoms with E-state index >= 15 is 0 Å². The predicted octanol–water partition coefficient (Wildman–Crippen LogP) is 4.61. The van der Waals surface area contributed by atoms with Crippen LogP contribution >= 0.6 is 11.6 Å². The van der Waals surface area contributed by atoms with Gasteiger partial charge in [-0.25, -0.2) is 0 Å². The Labute approximate surface area is 109 Å². The standard InChI is InChI=1S/C14H22ClNO/c1-2-3-4-5-6-7-10-17-12-14-11-13(15)8-9-16-14/h8-9,11H,2-7,10,12H2,1H3. The summed E-state index contributed by atoms with van der Waals surface area (Å²) in [4.78, 5) is 4.19. The Hall–Kier alpha value is -0.600. The lowest BCUT2D eigenvalue weighted by molar-refractivity contribution is 0.114. The number of pyridine rings is 1. The van der Waals surface area contributed by atoms with Crippen molar-refractivity contribution in [3.8, 4) is 0 Å². The van der Waals surface area contributed by atoms with Gasteiger partial charge in [0.1, 0.15) is 0 Å². The first-order valence-corrected chi connectivity index (χ1v) is 6.89. The second-order valence-electron chi connectivity index (χ2n) is 4.29. The van der Waals surface area contributed by atoms with E-state index in [1.54, 1.807) is 12.3 Å². The van der Waals surface area contributed by atoms with Crippen molar-refractivity contribution >= 4 is 11.6 Å². The maximum Gasteiger partial charge on any atom is 0.0888 e. The van der Waals surface area contributed by atoms with Gasteiger partial charge in [0.05, 0.1) is 12.3 Å². The van der Waals surface area contributed by atoms with Crippen LogP contribution in [0, 0.1) is 0 Å². The van der Waals surface area contributed by atoms with Gasteiger partial charge >= 0.3 is 0 Å². The maximum atomic E-state index is 5.86. The summed E-state index contributed by atoms with van der Waals surface area (Å²) in [5.74, 6) is 0. The number of halogens is 1. The summed E-state index contributed by atoms with van der Waals surface area (Å²) in [5, 5.41) is 0.721. The number of rotatable bonds is 9. The van der Waals surface area contributed by atoms with E-state index in [-0.39, 0.29) is 0 Å². The molecular formula is C14H22ClNO. The van der Waals surface area contributed by atoms with E-state index in [4.69, 9.17) is 16.3 Å². The van der Waals surface area contributed by atoms with Gasteiger partial charge in [-0.3, -0.25) is 4.98 Å². The minimum Gasteiger partial charge on any atom is -0.375 e. The van der Waals surface area contributed by atoms with Crippen LogP contribution in [0.5, 0.6) is 0 Å². The quantitative estimate of drug-likeness (QED) is 0.601. The van der Waals surface area contributed by atoms with Crippen LogP contribution in [0.1, 0.15) is 51.1 Å². The fourth-order valence-corrected chi connectivity index (χ4v) is 1.87. The van der Waals surface area contributed by atoms with E-state index in [2.05, 4.69) is 11.9 Å². The summed E-state index contributed by atoms with van der Waals surface area (Å²) in [7, 11) is 0. The molecule has 0 N–H and O–H groups in total. The Morgan fingerprint density at radius 1 is 1.18 bits per heavy atom. The Kier molecular flexibility index (Phi) is 8.02. The molecule has 0 aliphatic heterocycles. The highest BCUT2D eigenvalue weighted by atomic mass is 35.5. The predicted molar refractivity (Wildman–Crippen MR) is 72.3 cm³/mol. The molecule has 0 bridgehead atoms. The van der Waals surface area contributed by atoms with Gasteiger partial charge < -0.3 is 4.74 Å². The lowest BCUT2D eigenvalue weighted by Gasteiger charge is -2.04. The molecule has 0 saturated heterocycles. The number of aromatic nitrogens is 1. The van der Waals surface area contributed by atoms with Crippen LogP contribution in [-0.2, 0) is 11.3 Å². The molecule has 0 fully saturated rings. The molecule has 0 aliphatic rings. The molecule has 0 aliphatic carbocycles. The molecule has 2 nitrogen and oxygen atoms in total. The Morgan fingerprint density at radius 2 is 1.94 bits per heavy atom. The lowest BCUT2D eigenvalue weighted by atomic mass is 10.1. The summed E-state index contributed by atoms with van der Waals surface area (Å²) in [6.07, 6.45) is 9.46. The number of unbranched alkanes of at least 4 members (excludes halogenated alkanes) is 5. The summed E-state index contributed by atoms with van der Waals surface area (Å²) in [6, 6.07) is 3.63. The third-order valence-electron chi connectivity index (χ3n) is 2.67. The van der Waals surface area contributed by atoms with Gasteiger partial charge in [-0.05, 0) is 18.6 Å². The van der Waals surface area contributed by atoms with Crippen LogP contribution in [0.3, 0.4) is 0 Å². The van der Waals surface area contributed by atoms with Crippen molar-refractivity contribution in [2.45, 2.75) is 52.1 Å². The smallest absolute Gasteiger partial charge is 0.0888 e. The molecule has 1 heterocycles. The minimum absolute atomic E-state index is 0.565. The number of ether oxygens (including phenoxy) is 1. The summed E-state index contributed by atoms with van der Waals surface area (Å²) < 4.78 is 5.56. The average Bonchev–Trinajstić information content (AvgIpc) is 2.33. The van der Waals surface area contributed by atoms with Gasteiger partial charge in [-0.2, -0.15) is 0 Å². The van der Waals surface area contributed by atoms with Crippen molar-refractivity contribution in [2.75, 3.05) is 6.61 Å². The second-order valence-corrected chi connectivity index (χ2v) is 4.72. The topological polar surface area (TPSA) is 22.1 Å². The molecule has 0 atom stereocenters. The molecule has 17 heavy (non-hydrogen) atoms. The largest absolute Gasteiger partial charge is 0.375 e. The van der Waals surface area contributed by atoms with Crippen LogP contribution in [0.4, 0.5) is 0 Å². The van der Waals surface area contributed by atoms with Crippen molar-refractivity contribution < 1.29 is 4.74 Å². The molecule has 3 heteroatoms. The fraction of sp³-hybridized carbons (Fsp3) is 0.643. The molecule has 1 rings (SSSR count). The summed E-state index contributed by atoms with van der Waals surface area (Å²) in [5.41, 5.74) is 0.906. The fourth-order valence-electron chi connectivity index (χ4n) is 1.69. The van der Waals surface area contributed by atoms with E-state index in [0.29, 0.717) is 6.61 Å². The molecule has 0 radical (unpaired) electrons. The molecule has 96 valence electrons. The zero-order valence-electron chi connectivity index (χ0n) is 10.6. The van der Waals surface area contributed by atoms with Gasteiger partial charge in [-0.1, -0.05) is 50.6 Å². The van der Waals surface area contributed by atoms with Crippen molar-refractivity contribution in [3.05, 3.63) is 29.0 Å². The van der Waals surface area contributed by atoms with Crippen molar-refractivity contribution in [1.82, 2.24) is 4.98 Å². The van der Waals surface area contributed by atoms with E-state index in [1.165, 1.54) is 32.1 Å². The molecule has 1 aromatic heterocycles. The van der Waals surface area contributed by atoms with Crippen LogP contribution in [0.25, 0.3) is 0 Å².